The van der Waals surface area contributed by atoms with E-state index in [1.807, 2.05) is 0 Å². The number of imidazole rings is 1. The van der Waals surface area contributed by atoms with Crippen LogP contribution in [0.3, 0.4) is 0 Å². The van der Waals surface area contributed by atoms with Gasteiger partial charge in [-0.1, -0.05) is 42.0 Å². The summed E-state index contributed by atoms with van der Waals surface area (Å²) >= 11 is 0. The van der Waals surface area contributed by atoms with Gasteiger partial charge in [0.25, 0.3) is 0 Å². The number of benzene rings is 2. The standard InChI is InChI=1S/C18H19N3/c1-14-7-9-15(10-8-14)13-21-17-6-3-2-5-16(17)20-12-4-11-19-18(20)21/h2-3,5-10H,4,11-13H2,1H3/p+1. The molecule has 0 fully saturated rings. The highest BCUT2D eigenvalue weighted by Crippen LogP contribution is 2.21. The van der Waals surface area contributed by atoms with Crippen LogP contribution in [0.4, 0.5) is 5.95 Å². The van der Waals surface area contributed by atoms with Crippen molar-refractivity contribution < 1.29 is 4.57 Å². The molecule has 106 valence electrons. The summed E-state index contributed by atoms with van der Waals surface area (Å²) in [6, 6.07) is 17.5. The Bertz CT molecular complexity index is 784. The Balaban J connectivity index is 1.85. The number of rotatable bonds is 2. The summed E-state index contributed by atoms with van der Waals surface area (Å²) in [5.41, 5.74) is 5.29. The summed E-state index contributed by atoms with van der Waals surface area (Å²) < 4.78 is 4.81. The molecule has 1 aromatic heterocycles. The van der Waals surface area contributed by atoms with Gasteiger partial charge in [0, 0.05) is 6.42 Å². The second kappa shape index (κ2) is 4.92. The van der Waals surface area contributed by atoms with E-state index in [-0.39, 0.29) is 0 Å². The van der Waals surface area contributed by atoms with Gasteiger partial charge >= 0.3 is 5.95 Å². The number of nitrogens with zero attached hydrogens (tertiary/aromatic N) is 2. The number of aromatic nitrogens is 2. The molecule has 0 saturated heterocycles. The van der Waals surface area contributed by atoms with Gasteiger partial charge in [0.15, 0.2) is 0 Å². The first-order valence-electron chi connectivity index (χ1n) is 7.63. The smallest absolute Gasteiger partial charge is 0.277 e. The average Bonchev–Trinajstić information content (AvgIpc) is 2.85. The largest absolute Gasteiger partial charge is 0.358 e. The molecule has 3 heteroatoms. The fourth-order valence-electron chi connectivity index (χ4n) is 3.19. The van der Waals surface area contributed by atoms with Crippen molar-refractivity contribution in [3.8, 4) is 0 Å². The van der Waals surface area contributed by atoms with Crippen LogP contribution >= 0.6 is 0 Å². The molecule has 0 unspecified atom stereocenters. The molecule has 3 aromatic rings. The molecule has 0 aliphatic carbocycles. The second-order valence-electron chi connectivity index (χ2n) is 5.82. The number of hydrogen-bond donors (Lipinski definition) is 1. The van der Waals surface area contributed by atoms with Crippen LogP contribution in [-0.4, -0.2) is 11.1 Å². The van der Waals surface area contributed by atoms with Crippen molar-refractivity contribution >= 4 is 17.0 Å². The maximum Gasteiger partial charge on any atom is 0.358 e. The monoisotopic (exact) mass is 278 g/mol. The summed E-state index contributed by atoms with van der Waals surface area (Å²) in [7, 11) is 0. The van der Waals surface area contributed by atoms with Crippen LogP contribution in [0.5, 0.6) is 0 Å². The lowest BCUT2D eigenvalue weighted by atomic mass is 10.1. The molecule has 0 radical (unpaired) electrons. The van der Waals surface area contributed by atoms with Crippen molar-refractivity contribution in [3.05, 3.63) is 59.7 Å². The Kier molecular flexibility index (Phi) is 2.92. The summed E-state index contributed by atoms with van der Waals surface area (Å²) in [6.45, 7) is 5.21. The quantitative estimate of drug-likeness (QED) is 0.714. The van der Waals surface area contributed by atoms with Crippen molar-refractivity contribution in [1.29, 1.82) is 0 Å². The van der Waals surface area contributed by atoms with E-state index in [9.17, 15) is 0 Å². The molecule has 2 heterocycles. The van der Waals surface area contributed by atoms with Crippen molar-refractivity contribution in [2.24, 2.45) is 0 Å². The Labute approximate surface area is 124 Å². The Hall–Kier alpha value is -2.29. The molecule has 2 aromatic carbocycles. The zero-order valence-electron chi connectivity index (χ0n) is 12.3. The van der Waals surface area contributed by atoms with Crippen LogP contribution in [0.15, 0.2) is 48.5 Å². The zero-order chi connectivity index (χ0) is 14.2. The molecular weight excluding hydrogens is 258 g/mol. The van der Waals surface area contributed by atoms with Gasteiger partial charge in [0.1, 0.15) is 11.0 Å². The van der Waals surface area contributed by atoms with Crippen molar-refractivity contribution in [2.45, 2.75) is 26.4 Å². The van der Waals surface area contributed by atoms with E-state index in [0.29, 0.717) is 0 Å². The summed E-state index contributed by atoms with van der Waals surface area (Å²) in [5, 5.41) is 3.58. The first-order chi connectivity index (χ1) is 10.3. The number of fused-ring (bicyclic) bond motifs is 3. The Morgan fingerprint density at radius 2 is 1.90 bits per heavy atom. The van der Waals surface area contributed by atoms with Gasteiger partial charge in [0.05, 0.1) is 19.6 Å². The lowest BCUT2D eigenvalue weighted by molar-refractivity contribution is -0.661. The topological polar surface area (TPSA) is 20.8 Å². The van der Waals surface area contributed by atoms with Gasteiger partial charge in [-0.05, 0) is 24.6 Å². The average molecular weight is 278 g/mol. The van der Waals surface area contributed by atoms with E-state index in [0.717, 1.165) is 19.6 Å². The SMILES string of the molecule is Cc1ccc(Cn2c3[n+](c4ccccc42)CCCN3)cc1. The van der Waals surface area contributed by atoms with Gasteiger partial charge in [-0.25, -0.2) is 9.13 Å². The third-order valence-electron chi connectivity index (χ3n) is 4.28. The molecule has 0 atom stereocenters. The number of para-hydroxylation sites is 2. The van der Waals surface area contributed by atoms with Crippen LogP contribution in [-0.2, 0) is 13.1 Å². The minimum Gasteiger partial charge on any atom is -0.277 e. The maximum atomic E-state index is 3.58. The zero-order valence-corrected chi connectivity index (χ0v) is 12.3. The molecule has 0 spiro atoms. The number of aryl methyl sites for hydroxylation is 2. The Morgan fingerprint density at radius 1 is 1.10 bits per heavy atom. The van der Waals surface area contributed by atoms with Crippen molar-refractivity contribution in [3.63, 3.8) is 0 Å². The molecular formula is C18H20N3+. The Morgan fingerprint density at radius 3 is 2.76 bits per heavy atom. The van der Waals surface area contributed by atoms with E-state index in [4.69, 9.17) is 0 Å². The highest BCUT2D eigenvalue weighted by molar-refractivity contribution is 5.74. The first kappa shape index (κ1) is 12.5. The molecule has 21 heavy (non-hydrogen) atoms. The molecule has 1 aliphatic heterocycles. The number of nitrogens with one attached hydrogen (secondary N) is 1. The van der Waals surface area contributed by atoms with Crippen LogP contribution in [0.25, 0.3) is 11.0 Å². The van der Waals surface area contributed by atoms with Gasteiger partial charge in [-0.3, -0.25) is 5.32 Å². The van der Waals surface area contributed by atoms with E-state index < -0.39 is 0 Å². The normalized spacial score (nSPS) is 14.0. The van der Waals surface area contributed by atoms with E-state index in [1.165, 1.54) is 34.5 Å². The minimum absolute atomic E-state index is 0.913. The van der Waals surface area contributed by atoms with E-state index in [2.05, 4.69) is 69.9 Å². The number of hydrogen-bond acceptors (Lipinski definition) is 1. The fraction of sp³-hybridized carbons (Fsp3) is 0.278. The van der Waals surface area contributed by atoms with Gasteiger partial charge < -0.3 is 0 Å². The second-order valence-corrected chi connectivity index (χ2v) is 5.82. The summed E-state index contributed by atoms with van der Waals surface area (Å²) in [5.74, 6) is 1.24. The van der Waals surface area contributed by atoms with Crippen molar-refractivity contribution in [2.75, 3.05) is 11.9 Å². The van der Waals surface area contributed by atoms with Crippen molar-refractivity contribution in [1.82, 2.24) is 4.57 Å². The van der Waals surface area contributed by atoms with Gasteiger partial charge in [-0.15, -0.1) is 0 Å². The van der Waals surface area contributed by atoms with E-state index in [1.54, 1.807) is 0 Å². The highest BCUT2D eigenvalue weighted by atomic mass is 15.3. The maximum absolute atomic E-state index is 3.58. The highest BCUT2D eigenvalue weighted by Gasteiger charge is 2.25. The first-order valence-corrected chi connectivity index (χ1v) is 7.63. The molecule has 1 N–H and O–H groups in total. The number of anilines is 1. The predicted molar refractivity (Wildman–Crippen MR) is 85.5 cm³/mol. The van der Waals surface area contributed by atoms with E-state index >= 15 is 0 Å². The summed E-state index contributed by atoms with van der Waals surface area (Å²) in [6.07, 6.45) is 1.19. The van der Waals surface area contributed by atoms with Crippen LogP contribution in [0.2, 0.25) is 0 Å². The molecule has 3 nitrogen and oxygen atoms in total. The predicted octanol–water partition coefficient (Wildman–Crippen LogP) is 3.10. The lowest BCUT2D eigenvalue weighted by Gasteiger charge is -2.12. The molecule has 0 amide bonds. The summed E-state index contributed by atoms with van der Waals surface area (Å²) in [4.78, 5) is 0. The molecule has 0 saturated carbocycles. The fourth-order valence-corrected chi connectivity index (χ4v) is 3.19. The molecule has 1 aliphatic rings. The lowest BCUT2D eigenvalue weighted by Crippen LogP contribution is -2.41. The third kappa shape index (κ3) is 2.09. The molecule has 4 rings (SSSR count). The third-order valence-corrected chi connectivity index (χ3v) is 4.28. The van der Waals surface area contributed by atoms with Crippen LogP contribution in [0.1, 0.15) is 17.5 Å². The van der Waals surface area contributed by atoms with Crippen LogP contribution in [0, 0.1) is 6.92 Å². The minimum atomic E-state index is 0.913. The van der Waals surface area contributed by atoms with Gasteiger partial charge in [-0.2, -0.15) is 0 Å². The molecule has 0 bridgehead atoms. The van der Waals surface area contributed by atoms with Crippen LogP contribution < -0.4 is 9.88 Å². The van der Waals surface area contributed by atoms with Gasteiger partial charge in [0.2, 0.25) is 0 Å².